The fourth-order valence-electron chi connectivity index (χ4n) is 3.59. The van der Waals surface area contributed by atoms with Crippen molar-refractivity contribution in [3.05, 3.63) is 83.4 Å². The van der Waals surface area contributed by atoms with Gasteiger partial charge in [0.2, 0.25) is 0 Å². The summed E-state index contributed by atoms with van der Waals surface area (Å²) >= 11 is 0. The van der Waals surface area contributed by atoms with Gasteiger partial charge in [-0.15, -0.1) is 0 Å². The van der Waals surface area contributed by atoms with Crippen molar-refractivity contribution < 1.29 is 21.6 Å². The van der Waals surface area contributed by atoms with Crippen molar-refractivity contribution in [2.75, 3.05) is 10.8 Å². The first-order valence-electron chi connectivity index (χ1n) is 9.35. The van der Waals surface area contributed by atoms with Crippen LogP contribution in [0.1, 0.15) is 16.7 Å². The van der Waals surface area contributed by atoms with Gasteiger partial charge < -0.3 is 5.73 Å². The van der Waals surface area contributed by atoms with Crippen LogP contribution in [0.3, 0.4) is 0 Å². The van der Waals surface area contributed by atoms with E-state index < -0.39 is 21.8 Å². The van der Waals surface area contributed by atoms with Crippen LogP contribution in [0.5, 0.6) is 0 Å². The molecule has 5 nitrogen and oxygen atoms in total. The summed E-state index contributed by atoms with van der Waals surface area (Å²) in [6.07, 6.45) is -3.90. The van der Waals surface area contributed by atoms with Gasteiger partial charge in [0.15, 0.2) is 0 Å². The molecule has 0 aliphatic carbocycles. The third-order valence-electron chi connectivity index (χ3n) is 5.23. The number of nitrogens with two attached hydrogens (primary N) is 1. The Morgan fingerprint density at radius 2 is 1.55 bits per heavy atom. The lowest BCUT2D eigenvalue weighted by atomic mass is 10.0. The summed E-state index contributed by atoms with van der Waals surface area (Å²) in [5.74, 6) is -0.147. The van der Waals surface area contributed by atoms with E-state index in [2.05, 4.69) is 0 Å². The van der Waals surface area contributed by atoms with Gasteiger partial charge in [0.1, 0.15) is 5.84 Å². The van der Waals surface area contributed by atoms with Crippen LogP contribution in [0.25, 0.3) is 11.1 Å². The second-order valence-electron chi connectivity index (χ2n) is 7.18. The summed E-state index contributed by atoms with van der Waals surface area (Å²) in [4.78, 5) is 0.0946. The molecule has 0 amide bonds. The second kappa shape index (κ2) is 7.42. The standard InChI is InChI=1S/C22H18F3N3O2S/c23-22(24,25)18-6-1-14(2-7-18)16-5-10-20-17(13-16)11-12-28(20)31(29,30)19-8-3-15(4-9-19)21(26)27/h1-10,13H,11-12H2,(H3,26,27). The molecular weight excluding hydrogens is 427 g/mol. The van der Waals surface area contributed by atoms with E-state index in [1.165, 1.54) is 40.7 Å². The van der Waals surface area contributed by atoms with Gasteiger partial charge in [-0.3, -0.25) is 9.71 Å². The molecule has 0 aromatic heterocycles. The summed E-state index contributed by atoms with van der Waals surface area (Å²) < 4.78 is 65.9. The van der Waals surface area contributed by atoms with Crippen LogP contribution in [0.15, 0.2) is 71.6 Å². The number of halogens is 3. The Morgan fingerprint density at radius 3 is 2.13 bits per heavy atom. The molecule has 3 aromatic carbocycles. The van der Waals surface area contributed by atoms with E-state index in [1.54, 1.807) is 12.1 Å². The van der Waals surface area contributed by atoms with Crippen LogP contribution in [0.4, 0.5) is 18.9 Å². The Labute approximate surface area is 177 Å². The number of nitrogens with zero attached hydrogens (tertiary/aromatic N) is 1. The molecule has 31 heavy (non-hydrogen) atoms. The summed E-state index contributed by atoms with van der Waals surface area (Å²) in [6.45, 7) is 0.266. The molecule has 1 aliphatic heterocycles. The molecule has 3 N–H and O–H groups in total. The van der Waals surface area contributed by atoms with Crippen LogP contribution < -0.4 is 10.0 Å². The Kier molecular flexibility index (Phi) is 5.01. The van der Waals surface area contributed by atoms with Crippen LogP contribution >= 0.6 is 0 Å². The van der Waals surface area contributed by atoms with Crippen LogP contribution in [0, 0.1) is 5.41 Å². The Morgan fingerprint density at radius 1 is 0.935 bits per heavy atom. The highest BCUT2D eigenvalue weighted by atomic mass is 32.2. The first-order chi connectivity index (χ1) is 14.6. The molecule has 0 saturated carbocycles. The number of benzene rings is 3. The normalized spacial score (nSPS) is 13.8. The third kappa shape index (κ3) is 3.88. The van der Waals surface area contributed by atoms with E-state index in [0.29, 0.717) is 23.2 Å². The van der Waals surface area contributed by atoms with Crippen molar-refractivity contribution >= 4 is 21.5 Å². The molecule has 160 valence electrons. The maximum Gasteiger partial charge on any atom is 0.416 e. The van der Waals surface area contributed by atoms with Gasteiger partial charge in [-0.25, -0.2) is 8.42 Å². The predicted molar refractivity (Wildman–Crippen MR) is 113 cm³/mol. The van der Waals surface area contributed by atoms with Gasteiger partial charge in [-0.2, -0.15) is 13.2 Å². The average molecular weight is 445 g/mol. The molecule has 1 aliphatic rings. The maximum atomic E-state index is 13.1. The lowest BCUT2D eigenvalue weighted by Crippen LogP contribution is -2.29. The van der Waals surface area contributed by atoms with E-state index in [9.17, 15) is 21.6 Å². The molecule has 0 unspecified atom stereocenters. The number of alkyl halides is 3. The molecule has 4 rings (SSSR count). The minimum absolute atomic E-state index is 0.0946. The summed E-state index contributed by atoms with van der Waals surface area (Å²) in [6, 6.07) is 15.9. The zero-order chi connectivity index (χ0) is 22.4. The molecular formula is C22H18F3N3O2S. The summed E-state index contributed by atoms with van der Waals surface area (Å²) in [5, 5.41) is 7.42. The van der Waals surface area contributed by atoms with E-state index >= 15 is 0 Å². The van der Waals surface area contributed by atoms with Crippen molar-refractivity contribution in [2.24, 2.45) is 5.73 Å². The molecule has 0 spiro atoms. The van der Waals surface area contributed by atoms with Gasteiger partial charge in [0.25, 0.3) is 10.0 Å². The third-order valence-corrected chi connectivity index (χ3v) is 7.06. The van der Waals surface area contributed by atoms with E-state index in [0.717, 1.165) is 23.3 Å². The van der Waals surface area contributed by atoms with E-state index in [-0.39, 0.29) is 17.3 Å². The first-order valence-corrected chi connectivity index (χ1v) is 10.8. The molecule has 0 bridgehead atoms. The second-order valence-corrected chi connectivity index (χ2v) is 9.05. The van der Waals surface area contributed by atoms with Crippen LogP contribution in [-0.2, 0) is 22.6 Å². The van der Waals surface area contributed by atoms with Crippen molar-refractivity contribution in [1.82, 2.24) is 0 Å². The fourth-order valence-corrected chi connectivity index (χ4v) is 5.09. The topological polar surface area (TPSA) is 87.2 Å². The number of nitrogens with one attached hydrogen (secondary N) is 1. The molecule has 0 radical (unpaired) electrons. The minimum atomic E-state index is -4.39. The monoisotopic (exact) mass is 445 g/mol. The van der Waals surface area contributed by atoms with E-state index in [1.807, 2.05) is 6.07 Å². The number of hydrogen-bond acceptors (Lipinski definition) is 3. The van der Waals surface area contributed by atoms with E-state index in [4.69, 9.17) is 11.1 Å². The van der Waals surface area contributed by atoms with Crippen LogP contribution in [0.2, 0.25) is 0 Å². The predicted octanol–water partition coefficient (Wildman–Crippen LogP) is 4.41. The number of fused-ring (bicyclic) bond motifs is 1. The van der Waals surface area contributed by atoms with Gasteiger partial charge in [0, 0.05) is 12.1 Å². The van der Waals surface area contributed by atoms with Gasteiger partial charge in [-0.1, -0.05) is 18.2 Å². The lowest BCUT2D eigenvalue weighted by Gasteiger charge is -2.20. The largest absolute Gasteiger partial charge is 0.416 e. The highest BCUT2D eigenvalue weighted by molar-refractivity contribution is 7.92. The molecule has 9 heteroatoms. The molecule has 0 atom stereocenters. The average Bonchev–Trinajstić information content (AvgIpc) is 3.17. The lowest BCUT2D eigenvalue weighted by molar-refractivity contribution is -0.137. The Bertz CT molecular complexity index is 1250. The highest BCUT2D eigenvalue weighted by Gasteiger charge is 2.32. The number of nitrogen functional groups attached to an aromatic ring is 1. The minimum Gasteiger partial charge on any atom is -0.384 e. The number of rotatable bonds is 4. The maximum absolute atomic E-state index is 13.1. The van der Waals surface area contributed by atoms with Crippen LogP contribution in [-0.4, -0.2) is 20.8 Å². The number of amidine groups is 1. The molecule has 0 fully saturated rings. The Balaban J connectivity index is 1.63. The molecule has 1 heterocycles. The zero-order valence-corrected chi connectivity index (χ0v) is 17.0. The van der Waals surface area contributed by atoms with Crippen molar-refractivity contribution in [1.29, 1.82) is 5.41 Å². The first kappa shape index (κ1) is 20.9. The van der Waals surface area contributed by atoms with Crippen molar-refractivity contribution in [3.63, 3.8) is 0 Å². The smallest absolute Gasteiger partial charge is 0.384 e. The SMILES string of the molecule is N=C(N)c1ccc(S(=O)(=O)N2CCc3cc(-c4ccc(C(F)(F)F)cc4)ccc32)cc1. The quantitative estimate of drug-likeness (QED) is 0.461. The molecule has 3 aromatic rings. The number of sulfonamides is 1. The van der Waals surface area contributed by atoms with Crippen molar-refractivity contribution in [3.8, 4) is 11.1 Å². The number of hydrogen-bond donors (Lipinski definition) is 2. The fraction of sp³-hybridized carbons (Fsp3) is 0.136. The van der Waals surface area contributed by atoms with Gasteiger partial charge >= 0.3 is 6.18 Å². The van der Waals surface area contributed by atoms with Crippen molar-refractivity contribution in [2.45, 2.75) is 17.5 Å². The summed E-state index contributed by atoms with van der Waals surface area (Å²) in [5.41, 5.74) is 7.83. The number of anilines is 1. The zero-order valence-electron chi connectivity index (χ0n) is 16.1. The Hall–Kier alpha value is -3.33. The van der Waals surface area contributed by atoms with Gasteiger partial charge in [-0.05, 0) is 71.6 Å². The highest BCUT2D eigenvalue weighted by Crippen LogP contribution is 2.37. The summed E-state index contributed by atoms with van der Waals surface area (Å²) in [7, 11) is -3.80. The van der Waals surface area contributed by atoms with Gasteiger partial charge in [0.05, 0.1) is 16.1 Å². The molecule has 0 saturated heterocycles.